The van der Waals surface area contributed by atoms with Gasteiger partial charge in [-0.25, -0.2) is 9.82 Å². The van der Waals surface area contributed by atoms with Gasteiger partial charge < -0.3 is 14.8 Å². The van der Waals surface area contributed by atoms with Gasteiger partial charge in [-0.15, -0.1) is 0 Å². The second kappa shape index (κ2) is 11.4. The minimum Gasteiger partial charge on any atom is -0.493 e. The molecule has 0 saturated carbocycles. The number of ether oxygens (including phenoxy) is 2. The van der Waals surface area contributed by atoms with E-state index in [2.05, 4.69) is 22.8 Å². The van der Waals surface area contributed by atoms with Crippen molar-refractivity contribution in [2.75, 3.05) is 19.0 Å². The number of unbranched alkanes of at least 4 members (excludes halogenated alkanes) is 1. The molecule has 0 aliphatic rings. The summed E-state index contributed by atoms with van der Waals surface area (Å²) >= 11 is 0. The van der Waals surface area contributed by atoms with Gasteiger partial charge in [-0.05, 0) is 54.4 Å². The van der Waals surface area contributed by atoms with Crippen LogP contribution in [0.15, 0.2) is 47.6 Å². The predicted octanol–water partition coefficient (Wildman–Crippen LogP) is 3.49. The summed E-state index contributed by atoms with van der Waals surface area (Å²) in [5.41, 5.74) is 3.39. The fraction of sp³-hybridized carbons (Fsp3) is 0.286. The number of hydrogen-bond acceptors (Lipinski definition) is 5. The number of anilines is 1. The third-order valence-corrected chi connectivity index (χ3v) is 3.80. The van der Waals surface area contributed by atoms with Crippen LogP contribution in [0.3, 0.4) is 0 Å². The Hall–Kier alpha value is -3.42. The van der Waals surface area contributed by atoms with Crippen LogP contribution >= 0.6 is 0 Å². The third kappa shape index (κ3) is 7.61. The lowest BCUT2D eigenvalue weighted by molar-refractivity contribution is -0.126. The van der Waals surface area contributed by atoms with Crippen molar-refractivity contribution in [2.24, 2.45) is 5.10 Å². The molecular weight excluding hydrogens is 377 g/mol. The lowest BCUT2D eigenvalue weighted by Crippen LogP contribution is -2.24. The largest absolute Gasteiger partial charge is 0.493 e. The van der Waals surface area contributed by atoms with E-state index in [1.54, 1.807) is 25.3 Å². The first-order valence-corrected chi connectivity index (χ1v) is 9.20. The summed E-state index contributed by atoms with van der Waals surface area (Å²) in [5, 5.41) is 6.34. The minimum atomic E-state index is -0.577. The Morgan fingerprint density at radius 3 is 2.55 bits per heavy atom. The summed E-state index contributed by atoms with van der Waals surface area (Å²) in [6, 6.07) is 10.5. The first-order chi connectivity index (χ1) is 14.0. The first-order valence-electron chi connectivity index (χ1n) is 9.20. The van der Waals surface area contributed by atoms with Crippen LogP contribution in [0.25, 0.3) is 0 Å². The molecule has 2 aromatic carbocycles. The number of nitrogens with one attached hydrogen (secondary N) is 2. The third-order valence-electron chi connectivity index (χ3n) is 3.80. The van der Waals surface area contributed by atoms with E-state index in [0.717, 1.165) is 12.8 Å². The van der Waals surface area contributed by atoms with Crippen LogP contribution in [0, 0.1) is 5.82 Å². The van der Waals surface area contributed by atoms with Crippen molar-refractivity contribution in [3.05, 3.63) is 53.8 Å². The van der Waals surface area contributed by atoms with Crippen molar-refractivity contribution in [3.63, 3.8) is 0 Å². The average molecular weight is 401 g/mol. The number of nitrogens with zero attached hydrogens (tertiary/aromatic N) is 1. The second-order valence-electron chi connectivity index (χ2n) is 6.14. The van der Waals surface area contributed by atoms with Gasteiger partial charge in [-0.3, -0.25) is 9.59 Å². The number of methoxy groups -OCH3 is 1. The zero-order valence-electron chi connectivity index (χ0n) is 16.4. The molecule has 2 aromatic rings. The van der Waals surface area contributed by atoms with Crippen LogP contribution < -0.4 is 20.2 Å². The molecule has 0 spiro atoms. The zero-order chi connectivity index (χ0) is 21.1. The van der Waals surface area contributed by atoms with Gasteiger partial charge in [0.25, 0.3) is 0 Å². The Labute approximate surface area is 168 Å². The van der Waals surface area contributed by atoms with E-state index < -0.39 is 24.1 Å². The molecule has 29 heavy (non-hydrogen) atoms. The van der Waals surface area contributed by atoms with Gasteiger partial charge in [-0.2, -0.15) is 5.10 Å². The van der Waals surface area contributed by atoms with Crippen molar-refractivity contribution < 1.29 is 23.5 Å². The lowest BCUT2D eigenvalue weighted by atomic mass is 10.2. The Morgan fingerprint density at radius 2 is 1.86 bits per heavy atom. The summed E-state index contributed by atoms with van der Waals surface area (Å²) in [6.07, 6.45) is 3.01. The van der Waals surface area contributed by atoms with Crippen LogP contribution in [-0.4, -0.2) is 31.7 Å². The Balaban J connectivity index is 1.84. The van der Waals surface area contributed by atoms with Crippen molar-refractivity contribution in [3.8, 4) is 11.5 Å². The monoisotopic (exact) mass is 401 g/mol. The van der Waals surface area contributed by atoms with E-state index in [1.807, 2.05) is 0 Å². The van der Waals surface area contributed by atoms with Crippen LogP contribution in [0.2, 0.25) is 0 Å². The quantitative estimate of drug-likeness (QED) is 0.276. The molecule has 0 radical (unpaired) electrons. The van der Waals surface area contributed by atoms with E-state index >= 15 is 0 Å². The summed E-state index contributed by atoms with van der Waals surface area (Å²) in [7, 11) is 1.55. The molecule has 2 rings (SSSR count). The molecule has 7 nitrogen and oxygen atoms in total. The molecule has 0 fully saturated rings. The van der Waals surface area contributed by atoms with E-state index in [1.165, 1.54) is 30.5 Å². The summed E-state index contributed by atoms with van der Waals surface area (Å²) in [5.74, 6) is -0.311. The Bertz CT molecular complexity index is 854. The average Bonchev–Trinajstić information content (AvgIpc) is 2.70. The number of hydrogen-bond donors (Lipinski definition) is 2. The van der Waals surface area contributed by atoms with Crippen molar-refractivity contribution in [1.29, 1.82) is 0 Å². The highest BCUT2D eigenvalue weighted by molar-refractivity contribution is 6.03. The fourth-order valence-corrected chi connectivity index (χ4v) is 2.31. The summed E-state index contributed by atoms with van der Waals surface area (Å²) < 4.78 is 23.8. The molecule has 0 aromatic heterocycles. The Morgan fingerprint density at radius 1 is 1.10 bits per heavy atom. The number of carbonyl (C=O) groups excluding carboxylic acids is 2. The molecule has 8 heteroatoms. The SMILES string of the molecule is CCCCOc1ccc(C=NNC(=O)CC(=O)Nc2ccc(F)cc2)cc1OC. The summed E-state index contributed by atoms with van der Waals surface area (Å²) in [6.45, 7) is 2.69. The van der Waals surface area contributed by atoms with Gasteiger partial charge >= 0.3 is 0 Å². The highest BCUT2D eigenvalue weighted by atomic mass is 19.1. The first kappa shape index (κ1) is 21.9. The lowest BCUT2D eigenvalue weighted by Gasteiger charge is -2.10. The standard InChI is InChI=1S/C21H24FN3O4/c1-3-4-11-29-18-10-5-15(12-19(18)28-2)14-23-25-21(27)13-20(26)24-17-8-6-16(22)7-9-17/h5-10,12,14H,3-4,11,13H2,1-2H3,(H,24,26)(H,25,27). The van der Waals surface area contributed by atoms with Gasteiger partial charge in [0.05, 0.1) is 19.9 Å². The molecule has 0 aliphatic heterocycles. The number of amides is 2. The molecule has 0 saturated heterocycles. The highest BCUT2D eigenvalue weighted by Crippen LogP contribution is 2.27. The normalized spacial score (nSPS) is 10.6. The molecular formula is C21H24FN3O4. The van der Waals surface area contributed by atoms with Crippen LogP contribution in [0.1, 0.15) is 31.7 Å². The number of carbonyl (C=O) groups is 2. The smallest absolute Gasteiger partial charge is 0.249 e. The van der Waals surface area contributed by atoms with Crippen LogP contribution in [-0.2, 0) is 9.59 Å². The maximum Gasteiger partial charge on any atom is 0.249 e. The molecule has 0 atom stereocenters. The molecule has 2 amide bonds. The second-order valence-corrected chi connectivity index (χ2v) is 6.14. The number of halogens is 1. The van der Waals surface area contributed by atoms with E-state index in [0.29, 0.717) is 29.4 Å². The number of benzene rings is 2. The Kier molecular flexibility index (Phi) is 8.62. The van der Waals surface area contributed by atoms with Crippen molar-refractivity contribution in [1.82, 2.24) is 5.43 Å². The van der Waals surface area contributed by atoms with E-state index in [-0.39, 0.29) is 0 Å². The number of rotatable bonds is 10. The molecule has 154 valence electrons. The predicted molar refractivity (Wildman–Crippen MR) is 109 cm³/mol. The molecule has 0 aliphatic carbocycles. The minimum absolute atomic E-state index is 0.404. The maximum atomic E-state index is 12.8. The zero-order valence-corrected chi connectivity index (χ0v) is 16.4. The maximum absolute atomic E-state index is 12.8. The van der Waals surface area contributed by atoms with Gasteiger partial charge in [0.1, 0.15) is 12.2 Å². The van der Waals surface area contributed by atoms with Gasteiger partial charge in [-0.1, -0.05) is 13.3 Å². The van der Waals surface area contributed by atoms with Crippen molar-refractivity contribution in [2.45, 2.75) is 26.2 Å². The van der Waals surface area contributed by atoms with E-state index in [9.17, 15) is 14.0 Å². The van der Waals surface area contributed by atoms with Gasteiger partial charge in [0, 0.05) is 5.69 Å². The fourth-order valence-electron chi connectivity index (χ4n) is 2.31. The molecule has 2 N–H and O–H groups in total. The van der Waals surface area contributed by atoms with Gasteiger partial charge in [0.2, 0.25) is 11.8 Å². The molecule has 0 bridgehead atoms. The van der Waals surface area contributed by atoms with Crippen molar-refractivity contribution >= 4 is 23.7 Å². The number of hydrazone groups is 1. The molecule has 0 heterocycles. The van der Waals surface area contributed by atoms with E-state index in [4.69, 9.17) is 9.47 Å². The highest BCUT2D eigenvalue weighted by Gasteiger charge is 2.09. The van der Waals surface area contributed by atoms with Crippen LogP contribution in [0.4, 0.5) is 10.1 Å². The summed E-state index contributed by atoms with van der Waals surface area (Å²) in [4.78, 5) is 23.6. The van der Waals surface area contributed by atoms with Crippen LogP contribution in [0.5, 0.6) is 11.5 Å². The topological polar surface area (TPSA) is 89.0 Å². The van der Waals surface area contributed by atoms with Gasteiger partial charge in [0.15, 0.2) is 11.5 Å². The molecule has 0 unspecified atom stereocenters.